The number of methoxy groups -OCH3 is 1. The summed E-state index contributed by atoms with van der Waals surface area (Å²) in [6, 6.07) is 6.67. The van der Waals surface area contributed by atoms with Crippen molar-refractivity contribution in [3.63, 3.8) is 0 Å². The molecule has 6 heteroatoms. The van der Waals surface area contributed by atoms with E-state index in [1.54, 1.807) is 12.1 Å². The summed E-state index contributed by atoms with van der Waals surface area (Å²) < 4.78 is 38.5. The van der Waals surface area contributed by atoms with Crippen LogP contribution < -0.4 is 4.74 Å². The number of hydrogen-bond acceptors (Lipinski definition) is 3. The quantitative estimate of drug-likeness (QED) is 0.770. The Kier molecular flexibility index (Phi) is 4.05. The molecule has 0 fully saturated rings. The highest BCUT2D eigenvalue weighted by atomic mass is 35.5. The Morgan fingerprint density at radius 1 is 1.22 bits per heavy atom. The van der Waals surface area contributed by atoms with E-state index in [2.05, 4.69) is 4.74 Å². The Balaban J connectivity index is 2.17. The van der Waals surface area contributed by atoms with Gasteiger partial charge in [-0.3, -0.25) is 0 Å². The predicted molar refractivity (Wildman–Crippen MR) is 81.7 cm³/mol. The molecule has 0 saturated carbocycles. The molecule has 0 atom stereocenters. The third kappa shape index (κ3) is 2.80. The average molecular weight is 337 g/mol. The first-order valence-electron chi connectivity index (χ1n) is 6.72. The van der Waals surface area contributed by atoms with Crippen LogP contribution in [0.25, 0.3) is 5.57 Å². The summed E-state index contributed by atoms with van der Waals surface area (Å²) in [4.78, 5) is 11.7. The SMILES string of the molecule is COC(=O)c1ccc2c(c1)C(c1c(F)cc(Cl)cc1F)=CCO2. The van der Waals surface area contributed by atoms with E-state index in [0.29, 0.717) is 16.9 Å². The average Bonchev–Trinajstić information content (AvgIpc) is 2.53. The number of ether oxygens (including phenoxy) is 2. The lowest BCUT2D eigenvalue weighted by molar-refractivity contribution is 0.0600. The van der Waals surface area contributed by atoms with E-state index in [-0.39, 0.29) is 22.8 Å². The highest BCUT2D eigenvalue weighted by Crippen LogP contribution is 2.37. The number of benzene rings is 2. The van der Waals surface area contributed by atoms with Crippen LogP contribution in [-0.2, 0) is 4.74 Å². The molecule has 23 heavy (non-hydrogen) atoms. The van der Waals surface area contributed by atoms with Crippen molar-refractivity contribution in [3.8, 4) is 5.75 Å². The summed E-state index contributed by atoms with van der Waals surface area (Å²) in [6.07, 6.45) is 1.55. The van der Waals surface area contributed by atoms with Crippen LogP contribution in [0.2, 0.25) is 5.02 Å². The zero-order valence-corrected chi connectivity index (χ0v) is 12.8. The number of hydrogen-bond donors (Lipinski definition) is 0. The molecule has 1 aliphatic rings. The normalized spacial score (nSPS) is 13.0. The van der Waals surface area contributed by atoms with Crippen LogP contribution in [-0.4, -0.2) is 19.7 Å². The van der Waals surface area contributed by atoms with Crippen molar-refractivity contribution >= 4 is 23.1 Å². The topological polar surface area (TPSA) is 35.5 Å². The molecule has 1 aliphatic heterocycles. The van der Waals surface area contributed by atoms with E-state index in [1.807, 2.05) is 0 Å². The van der Waals surface area contributed by atoms with Crippen LogP contribution in [0.15, 0.2) is 36.4 Å². The smallest absolute Gasteiger partial charge is 0.337 e. The first-order chi connectivity index (χ1) is 11.0. The molecule has 0 saturated heterocycles. The van der Waals surface area contributed by atoms with Crippen molar-refractivity contribution in [1.29, 1.82) is 0 Å². The van der Waals surface area contributed by atoms with Gasteiger partial charge < -0.3 is 9.47 Å². The zero-order valence-electron chi connectivity index (χ0n) is 12.0. The number of carbonyl (C=O) groups is 1. The summed E-state index contributed by atoms with van der Waals surface area (Å²) in [7, 11) is 1.26. The molecule has 0 amide bonds. The number of fused-ring (bicyclic) bond motifs is 1. The Bertz CT molecular complexity index is 808. The Hall–Kier alpha value is -2.40. The summed E-state index contributed by atoms with van der Waals surface area (Å²) in [5.74, 6) is -1.67. The largest absolute Gasteiger partial charge is 0.489 e. The molecule has 0 aliphatic carbocycles. The number of halogens is 3. The first-order valence-corrected chi connectivity index (χ1v) is 7.09. The molecular formula is C17H11ClF2O3. The molecule has 3 rings (SSSR count). The molecule has 0 N–H and O–H groups in total. The van der Waals surface area contributed by atoms with Crippen LogP contribution in [0.1, 0.15) is 21.5 Å². The van der Waals surface area contributed by atoms with Gasteiger partial charge in [0.1, 0.15) is 24.0 Å². The van der Waals surface area contributed by atoms with Crippen LogP contribution >= 0.6 is 11.6 Å². The van der Waals surface area contributed by atoms with Crippen molar-refractivity contribution in [2.75, 3.05) is 13.7 Å². The molecule has 0 radical (unpaired) electrons. The summed E-state index contributed by atoms with van der Waals surface area (Å²) >= 11 is 5.66. The highest BCUT2D eigenvalue weighted by molar-refractivity contribution is 6.30. The van der Waals surface area contributed by atoms with Crippen LogP contribution in [0.5, 0.6) is 5.75 Å². The predicted octanol–water partition coefficient (Wildman–Crippen LogP) is 4.23. The van der Waals surface area contributed by atoms with E-state index in [9.17, 15) is 13.6 Å². The molecule has 3 nitrogen and oxygen atoms in total. The maximum absolute atomic E-state index is 14.2. The van der Waals surface area contributed by atoms with Crippen LogP contribution in [0.4, 0.5) is 8.78 Å². The van der Waals surface area contributed by atoms with Crippen molar-refractivity contribution in [3.05, 3.63) is 69.8 Å². The van der Waals surface area contributed by atoms with Gasteiger partial charge in [0.25, 0.3) is 0 Å². The number of rotatable bonds is 2. The van der Waals surface area contributed by atoms with Gasteiger partial charge >= 0.3 is 5.97 Å². The fourth-order valence-electron chi connectivity index (χ4n) is 2.47. The lowest BCUT2D eigenvalue weighted by atomic mass is 9.93. The van der Waals surface area contributed by atoms with Gasteiger partial charge in [-0.2, -0.15) is 0 Å². The second kappa shape index (κ2) is 6.01. The maximum atomic E-state index is 14.2. The van der Waals surface area contributed by atoms with Gasteiger partial charge in [-0.1, -0.05) is 11.6 Å². The van der Waals surface area contributed by atoms with E-state index in [0.717, 1.165) is 12.1 Å². The Morgan fingerprint density at radius 3 is 2.57 bits per heavy atom. The monoisotopic (exact) mass is 336 g/mol. The standard InChI is InChI=1S/C17H11ClF2O3/c1-22-17(21)9-2-3-15-12(6-9)11(4-5-23-15)16-13(19)7-10(18)8-14(16)20/h2-4,6-8H,5H2,1H3. The Morgan fingerprint density at radius 2 is 1.91 bits per heavy atom. The Labute approximate surface area is 136 Å². The molecule has 0 unspecified atom stereocenters. The highest BCUT2D eigenvalue weighted by Gasteiger charge is 2.23. The molecule has 0 spiro atoms. The maximum Gasteiger partial charge on any atom is 0.337 e. The minimum Gasteiger partial charge on any atom is -0.489 e. The molecule has 2 aromatic carbocycles. The van der Waals surface area contributed by atoms with Gasteiger partial charge in [0.05, 0.1) is 18.2 Å². The van der Waals surface area contributed by atoms with E-state index >= 15 is 0 Å². The van der Waals surface area contributed by atoms with Gasteiger partial charge in [0.15, 0.2) is 0 Å². The molecule has 2 aromatic rings. The second-order valence-electron chi connectivity index (χ2n) is 4.88. The lowest BCUT2D eigenvalue weighted by Crippen LogP contribution is -2.10. The summed E-state index contributed by atoms with van der Waals surface area (Å²) in [6.45, 7) is 0.168. The third-order valence-corrected chi connectivity index (χ3v) is 3.71. The van der Waals surface area contributed by atoms with Gasteiger partial charge in [0, 0.05) is 10.6 Å². The van der Waals surface area contributed by atoms with Crippen molar-refractivity contribution in [1.82, 2.24) is 0 Å². The molecule has 0 aromatic heterocycles. The summed E-state index contributed by atoms with van der Waals surface area (Å²) in [5.41, 5.74) is 0.779. The molecular weight excluding hydrogens is 326 g/mol. The minimum absolute atomic E-state index is 0.0278. The van der Waals surface area contributed by atoms with E-state index < -0.39 is 17.6 Å². The zero-order chi connectivity index (χ0) is 16.6. The van der Waals surface area contributed by atoms with Crippen molar-refractivity contribution in [2.45, 2.75) is 0 Å². The van der Waals surface area contributed by atoms with E-state index in [1.165, 1.54) is 19.2 Å². The van der Waals surface area contributed by atoms with Crippen LogP contribution in [0.3, 0.4) is 0 Å². The minimum atomic E-state index is -0.780. The van der Waals surface area contributed by atoms with Crippen molar-refractivity contribution in [2.24, 2.45) is 0 Å². The van der Waals surface area contributed by atoms with Gasteiger partial charge in [-0.15, -0.1) is 0 Å². The van der Waals surface area contributed by atoms with Gasteiger partial charge in [-0.25, -0.2) is 13.6 Å². The molecule has 0 bridgehead atoms. The van der Waals surface area contributed by atoms with E-state index in [4.69, 9.17) is 16.3 Å². The lowest BCUT2D eigenvalue weighted by Gasteiger charge is -2.20. The summed E-state index contributed by atoms with van der Waals surface area (Å²) in [5, 5.41) is -0.0278. The molecule has 118 valence electrons. The number of esters is 1. The van der Waals surface area contributed by atoms with Gasteiger partial charge in [-0.05, 0) is 42.0 Å². The van der Waals surface area contributed by atoms with Gasteiger partial charge in [0.2, 0.25) is 0 Å². The fraction of sp³-hybridized carbons (Fsp3) is 0.118. The number of carbonyl (C=O) groups excluding carboxylic acids is 1. The van der Waals surface area contributed by atoms with Crippen molar-refractivity contribution < 1.29 is 23.0 Å². The second-order valence-corrected chi connectivity index (χ2v) is 5.31. The fourth-order valence-corrected chi connectivity index (χ4v) is 2.66. The van der Waals surface area contributed by atoms with Crippen LogP contribution in [0, 0.1) is 11.6 Å². The first kappa shape index (κ1) is 15.5. The molecule has 1 heterocycles. The third-order valence-electron chi connectivity index (χ3n) is 3.49.